The first-order valence-electron chi connectivity index (χ1n) is 4.14. The number of pyridine rings is 1. The molecule has 70 valence electrons. The Hall–Kier alpha value is -1.22. The Morgan fingerprint density at radius 3 is 2.85 bits per heavy atom. The van der Waals surface area contributed by atoms with Gasteiger partial charge < -0.3 is 4.74 Å². The number of nitrogens with zero attached hydrogens (tertiary/aromatic N) is 1. The fraction of sp³-hybridized carbons (Fsp3) is 0.400. The number of carbonyl (C=O) groups is 1. The van der Waals surface area contributed by atoms with Crippen molar-refractivity contribution in [1.29, 1.82) is 0 Å². The third kappa shape index (κ3) is 2.12. The van der Waals surface area contributed by atoms with Gasteiger partial charge in [0.2, 0.25) is 0 Å². The van der Waals surface area contributed by atoms with Crippen molar-refractivity contribution in [3.05, 3.63) is 29.6 Å². The van der Waals surface area contributed by atoms with E-state index in [2.05, 4.69) is 4.98 Å². The molecular weight excluding hydrogens is 166 g/mol. The molecule has 0 N–H and O–H groups in total. The quantitative estimate of drug-likeness (QED) is 0.662. The number of aryl methyl sites for hydroxylation is 1. The number of ether oxygens (including phenoxy) is 1. The van der Waals surface area contributed by atoms with E-state index in [1.807, 2.05) is 13.0 Å². The van der Waals surface area contributed by atoms with E-state index in [9.17, 15) is 4.79 Å². The van der Waals surface area contributed by atoms with Gasteiger partial charge in [-0.2, -0.15) is 0 Å². The Labute approximate surface area is 77.8 Å². The summed E-state index contributed by atoms with van der Waals surface area (Å²) in [5.41, 5.74) is 1.57. The van der Waals surface area contributed by atoms with Crippen molar-refractivity contribution >= 4 is 5.78 Å². The summed E-state index contributed by atoms with van der Waals surface area (Å²) < 4.78 is 4.94. The lowest BCUT2D eigenvalue weighted by atomic mass is 10.0. The van der Waals surface area contributed by atoms with Crippen LogP contribution in [0.25, 0.3) is 0 Å². The van der Waals surface area contributed by atoms with Crippen molar-refractivity contribution in [3.63, 3.8) is 0 Å². The normalized spacial score (nSPS) is 12.5. The number of hydrogen-bond acceptors (Lipinski definition) is 3. The second kappa shape index (κ2) is 4.14. The van der Waals surface area contributed by atoms with Gasteiger partial charge in [0, 0.05) is 25.1 Å². The van der Waals surface area contributed by atoms with E-state index in [1.54, 1.807) is 19.3 Å². The largest absolute Gasteiger partial charge is 0.374 e. The monoisotopic (exact) mass is 179 g/mol. The highest BCUT2D eigenvalue weighted by Gasteiger charge is 2.15. The predicted octanol–water partition coefficient (Wildman–Crippen LogP) is 1.61. The minimum Gasteiger partial charge on any atom is -0.374 e. The molecule has 3 nitrogen and oxygen atoms in total. The summed E-state index contributed by atoms with van der Waals surface area (Å²) >= 11 is 0. The highest BCUT2D eigenvalue weighted by atomic mass is 16.5. The molecule has 0 spiro atoms. The minimum absolute atomic E-state index is 0.0203. The van der Waals surface area contributed by atoms with Crippen LogP contribution in [0.15, 0.2) is 18.5 Å². The Bertz CT molecular complexity index is 310. The fourth-order valence-corrected chi connectivity index (χ4v) is 1.05. The van der Waals surface area contributed by atoms with Crippen LogP contribution in [0.4, 0.5) is 0 Å². The number of Topliss-reactive ketones (excluding diaryl/α,β-unsaturated/α-hetero) is 1. The molecule has 0 radical (unpaired) electrons. The van der Waals surface area contributed by atoms with Crippen LogP contribution in [-0.2, 0) is 4.74 Å². The van der Waals surface area contributed by atoms with Gasteiger partial charge in [-0.15, -0.1) is 0 Å². The zero-order valence-corrected chi connectivity index (χ0v) is 8.07. The molecule has 0 aliphatic heterocycles. The van der Waals surface area contributed by atoms with Crippen molar-refractivity contribution in [2.24, 2.45) is 0 Å². The maximum absolute atomic E-state index is 11.6. The van der Waals surface area contributed by atoms with Crippen LogP contribution < -0.4 is 0 Å². The van der Waals surface area contributed by atoms with Gasteiger partial charge in [0.1, 0.15) is 6.10 Å². The summed E-state index contributed by atoms with van der Waals surface area (Å²) in [6.07, 6.45) is 2.85. The van der Waals surface area contributed by atoms with Crippen LogP contribution in [0.2, 0.25) is 0 Å². The average molecular weight is 179 g/mol. The third-order valence-corrected chi connectivity index (χ3v) is 2.03. The van der Waals surface area contributed by atoms with Gasteiger partial charge in [0.05, 0.1) is 0 Å². The van der Waals surface area contributed by atoms with E-state index >= 15 is 0 Å². The molecule has 3 heteroatoms. The lowest BCUT2D eigenvalue weighted by molar-refractivity contribution is 0.0654. The Kier molecular flexibility index (Phi) is 3.14. The van der Waals surface area contributed by atoms with Crippen LogP contribution in [-0.4, -0.2) is 24.0 Å². The molecule has 0 saturated carbocycles. The summed E-state index contributed by atoms with van der Waals surface area (Å²) in [5.74, 6) is -0.0203. The first-order valence-corrected chi connectivity index (χ1v) is 4.14. The smallest absolute Gasteiger partial charge is 0.193 e. The summed E-state index contributed by atoms with van der Waals surface area (Å²) in [5, 5.41) is 0. The predicted molar refractivity (Wildman–Crippen MR) is 49.8 cm³/mol. The average Bonchev–Trinajstić information content (AvgIpc) is 2.16. The lowest BCUT2D eigenvalue weighted by Crippen LogP contribution is -2.20. The number of methoxy groups -OCH3 is 1. The first-order chi connectivity index (χ1) is 6.16. The van der Waals surface area contributed by atoms with Gasteiger partial charge >= 0.3 is 0 Å². The Morgan fingerprint density at radius 2 is 2.31 bits per heavy atom. The van der Waals surface area contributed by atoms with E-state index in [4.69, 9.17) is 4.74 Å². The van der Waals surface area contributed by atoms with Crippen molar-refractivity contribution in [1.82, 2.24) is 4.98 Å². The van der Waals surface area contributed by atoms with Crippen LogP contribution in [0.5, 0.6) is 0 Å². The molecular formula is C10H13NO2. The van der Waals surface area contributed by atoms with E-state index in [0.717, 1.165) is 5.56 Å². The van der Waals surface area contributed by atoms with Crippen molar-refractivity contribution < 1.29 is 9.53 Å². The number of aromatic nitrogens is 1. The maximum Gasteiger partial charge on any atom is 0.193 e. The lowest BCUT2D eigenvalue weighted by Gasteiger charge is -2.09. The van der Waals surface area contributed by atoms with Crippen LogP contribution >= 0.6 is 0 Å². The summed E-state index contributed by atoms with van der Waals surface area (Å²) in [6.45, 7) is 3.62. The van der Waals surface area contributed by atoms with Gasteiger partial charge in [0.25, 0.3) is 0 Å². The van der Waals surface area contributed by atoms with Crippen LogP contribution in [0.1, 0.15) is 22.8 Å². The first kappa shape index (κ1) is 9.86. The molecule has 0 aliphatic carbocycles. The summed E-state index contributed by atoms with van der Waals surface area (Å²) in [4.78, 5) is 15.5. The molecule has 0 aromatic carbocycles. The molecule has 0 fully saturated rings. The molecule has 1 aromatic rings. The van der Waals surface area contributed by atoms with E-state index in [-0.39, 0.29) is 5.78 Å². The second-order valence-electron chi connectivity index (χ2n) is 2.93. The Balaban J connectivity index is 2.95. The second-order valence-corrected chi connectivity index (χ2v) is 2.93. The molecule has 1 unspecified atom stereocenters. The molecule has 0 bridgehead atoms. The van der Waals surface area contributed by atoms with Crippen LogP contribution in [0.3, 0.4) is 0 Å². The van der Waals surface area contributed by atoms with E-state index in [0.29, 0.717) is 5.56 Å². The molecule has 1 aromatic heterocycles. The number of hydrogen-bond donors (Lipinski definition) is 0. The molecule has 13 heavy (non-hydrogen) atoms. The van der Waals surface area contributed by atoms with Crippen molar-refractivity contribution in [2.75, 3.05) is 7.11 Å². The summed E-state index contributed by atoms with van der Waals surface area (Å²) in [6, 6.07) is 1.82. The highest BCUT2D eigenvalue weighted by molar-refractivity contribution is 6.00. The number of ketones is 1. The van der Waals surface area contributed by atoms with Crippen molar-refractivity contribution in [2.45, 2.75) is 20.0 Å². The van der Waals surface area contributed by atoms with Gasteiger partial charge in [-0.05, 0) is 25.5 Å². The zero-order valence-electron chi connectivity index (χ0n) is 8.07. The zero-order chi connectivity index (χ0) is 9.84. The van der Waals surface area contributed by atoms with Gasteiger partial charge in [-0.1, -0.05) is 0 Å². The molecule has 0 aliphatic rings. The van der Waals surface area contributed by atoms with Gasteiger partial charge in [0.15, 0.2) is 5.78 Å². The maximum atomic E-state index is 11.6. The number of carbonyl (C=O) groups excluding carboxylic acids is 1. The van der Waals surface area contributed by atoms with E-state index in [1.165, 1.54) is 7.11 Å². The van der Waals surface area contributed by atoms with E-state index < -0.39 is 6.10 Å². The minimum atomic E-state index is -0.400. The molecule has 1 heterocycles. The molecule has 1 atom stereocenters. The molecule has 1 rings (SSSR count). The van der Waals surface area contributed by atoms with Gasteiger partial charge in [-0.25, -0.2) is 0 Å². The third-order valence-electron chi connectivity index (χ3n) is 2.03. The van der Waals surface area contributed by atoms with Crippen LogP contribution in [0, 0.1) is 6.92 Å². The molecule has 0 saturated heterocycles. The molecule has 0 amide bonds. The standard InChI is InChI=1S/C10H13NO2/c1-7-4-5-11-6-9(7)10(12)8(2)13-3/h4-6,8H,1-3H3. The SMILES string of the molecule is COC(C)C(=O)c1cnccc1C. The fourth-order valence-electron chi connectivity index (χ4n) is 1.05. The Morgan fingerprint density at radius 1 is 1.62 bits per heavy atom. The van der Waals surface area contributed by atoms with Gasteiger partial charge in [-0.3, -0.25) is 9.78 Å². The van der Waals surface area contributed by atoms with Crippen molar-refractivity contribution in [3.8, 4) is 0 Å². The highest BCUT2D eigenvalue weighted by Crippen LogP contribution is 2.09. The topological polar surface area (TPSA) is 39.2 Å². The number of rotatable bonds is 3. The summed E-state index contributed by atoms with van der Waals surface area (Å²) in [7, 11) is 1.52.